The van der Waals surface area contributed by atoms with Crippen LogP contribution in [0.3, 0.4) is 0 Å². The summed E-state index contributed by atoms with van der Waals surface area (Å²) < 4.78 is 0. The Morgan fingerprint density at radius 2 is 1.91 bits per heavy atom. The molecule has 0 aliphatic rings. The first-order valence-corrected chi connectivity index (χ1v) is 4.24. The lowest BCUT2D eigenvalue weighted by atomic mass is 10.2. The molecule has 0 aromatic carbocycles. The predicted octanol–water partition coefficient (Wildman–Crippen LogP) is 0.589. The van der Waals surface area contributed by atoms with Crippen LogP contribution >= 0.6 is 0 Å². The zero-order chi connectivity index (χ0) is 8.85. The van der Waals surface area contributed by atoms with Crippen molar-refractivity contribution in [1.29, 1.82) is 0 Å². The molecule has 3 N–H and O–H groups in total. The molecule has 0 saturated carbocycles. The van der Waals surface area contributed by atoms with E-state index in [1.54, 1.807) is 5.01 Å². The standard InChI is InChI=1S/C8H20N2O/c1-4-8(11)6-10(9)5-7(2)3/h7-8,11H,4-6,9H2,1-3H3/t8-/m0/s1. The van der Waals surface area contributed by atoms with Crippen molar-refractivity contribution in [3.63, 3.8) is 0 Å². The van der Waals surface area contributed by atoms with Crippen molar-refractivity contribution >= 4 is 0 Å². The first kappa shape index (κ1) is 10.9. The third-order valence-corrected chi connectivity index (χ3v) is 1.52. The van der Waals surface area contributed by atoms with Crippen LogP contribution in [0, 0.1) is 5.92 Å². The highest BCUT2D eigenvalue weighted by Gasteiger charge is 2.06. The second-order valence-electron chi connectivity index (χ2n) is 3.41. The molecule has 3 nitrogen and oxygen atoms in total. The van der Waals surface area contributed by atoms with Gasteiger partial charge in [-0.25, -0.2) is 5.01 Å². The molecule has 0 rings (SSSR count). The van der Waals surface area contributed by atoms with E-state index in [1.807, 2.05) is 6.92 Å². The molecule has 3 heteroatoms. The van der Waals surface area contributed by atoms with Gasteiger partial charge in [-0.05, 0) is 12.3 Å². The fourth-order valence-electron chi connectivity index (χ4n) is 0.943. The summed E-state index contributed by atoms with van der Waals surface area (Å²) in [6, 6.07) is 0. The minimum absolute atomic E-state index is 0.279. The van der Waals surface area contributed by atoms with Gasteiger partial charge >= 0.3 is 0 Å². The fourth-order valence-corrected chi connectivity index (χ4v) is 0.943. The highest BCUT2D eigenvalue weighted by molar-refractivity contribution is 4.58. The SMILES string of the molecule is CC[C@H](O)CN(N)CC(C)C. The van der Waals surface area contributed by atoms with E-state index in [-0.39, 0.29) is 6.10 Å². The van der Waals surface area contributed by atoms with Crippen molar-refractivity contribution in [3.05, 3.63) is 0 Å². The van der Waals surface area contributed by atoms with E-state index in [4.69, 9.17) is 5.84 Å². The number of rotatable bonds is 5. The predicted molar refractivity (Wildman–Crippen MR) is 46.9 cm³/mol. The van der Waals surface area contributed by atoms with Gasteiger partial charge in [-0.15, -0.1) is 0 Å². The molecular weight excluding hydrogens is 140 g/mol. The maximum Gasteiger partial charge on any atom is 0.0678 e. The highest BCUT2D eigenvalue weighted by Crippen LogP contribution is 1.96. The molecule has 0 saturated heterocycles. The van der Waals surface area contributed by atoms with Crippen molar-refractivity contribution in [3.8, 4) is 0 Å². The number of hydrogen-bond acceptors (Lipinski definition) is 3. The lowest BCUT2D eigenvalue weighted by molar-refractivity contribution is 0.103. The van der Waals surface area contributed by atoms with Crippen LogP contribution in [0.1, 0.15) is 27.2 Å². The molecule has 1 atom stereocenters. The van der Waals surface area contributed by atoms with E-state index < -0.39 is 0 Å². The van der Waals surface area contributed by atoms with Gasteiger partial charge < -0.3 is 5.11 Å². The second-order valence-corrected chi connectivity index (χ2v) is 3.41. The molecule has 11 heavy (non-hydrogen) atoms. The Morgan fingerprint density at radius 3 is 2.27 bits per heavy atom. The average Bonchev–Trinajstić information content (AvgIpc) is 1.85. The van der Waals surface area contributed by atoms with Crippen molar-refractivity contribution in [2.45, 2.75) is 33.3 Å². The van der Waals surface area contributed by atoms with E-state index in [2.05, 4.69) is 13.8 Å². The summed E-state index contributed by atoms with van der Waals surface area (Å²) in [6.07, 6.45) is 0.491. The van der Waals surface area contributed by atoms with Gasteiger partial charge in [0.2, 0.25) is 0 Å². The minimum Gasteiger partial charge on any atom is -0.392 e. The Labute approximate surface area is 69.2 Å². The largest absolute Gasteiger partial charge is 0.392 e. The van der Waals surface area contributed by atoms with Gasteiger partial charge in [0.15, 0.2) is 0 Å². The summed E-state index contributed by atoms with van der Waals surface area (Å²) in [6.45, 7) is 7.59. The number of nitrogens with zero attached hydrogens (tertiary/aromatic N) is 1. The topological polar surface area (TPSA) is 49.5 Å². The molecule has 68 valence electrons. The molecule has 0 heterocycles. The highest BCUT2D eigenvalue weighted by atomic mass is 16.3. The van der Waals surface area contributed by atoms with Gasteiger partial charge in [-0.1, -0.05) is 20.8 Å². The molecule has 0 amide bonds. The van der Waals surface area contributed by atoms with E-state index in [0.29, 0.717) is 12.5 Å². The van der Waals surface area contributed by atoms with E-state index in [9.17, 15) is 5.11 Å². The lowest BCUT2D eigenvalue weighted by Crippen LogP contribution is -2.40. The summed E-state index contributed by atoms with van der Waals surface area (Å²) in [5.41, 5.74) is 0. The van der Waals surface area contributed by atoms with E-state index in [1.165, 1.54) is 0 Å². The minimum atomic E-state index is -0.279. The van der Waals surface area contributed by atoms with Crippen molar-refractivity contribution in [1.82, 2.24) is 5.01 Å². The van der Waals surface area contributed by atoms with Crippen molar-refractivity contribution < 1.29 is 5.11 Å². The smallest absolute Gasteiger partial charge is 0.0678 e. The number of aliphatic hydroxyl groups is 1. The van der Waals surface area contributed by atoms with Crippen molar-refractivity contribution in [2.24, 2.45) is 11.8 Å². The van der Waals surface area contributed by atoms with Crippen LogP contribution in [0.2, 0.25) is 0 Å². The molecule has 0 aliphatic carbocycles. The van der Waals surface area contributed by atoms with Gasteiger partial charge in [0.25, 0.3) is 0 Å². The molecule has 0 fully saturated rings. The molecule has 0 aromatic rings. The fraction of sp³-hybridized carbons (Fsp3) is 1.00. The van der Waals surface area contributed by atoms with Crippen LogP contribution in [0.4, 0.5) is 0 Å². The van der Waals surface area contributed by atoms with E-state index >= 15 is 0 Å². The molecule has 0 radical (unpaired) electrons. The average molecular weight is 160 g/mol. The number of nitrogens with two attached hydrogens (primary N) is 1. The van der Waals surface area contributed by atoms with E-state index in [0.717, 1.165) is 13.0 Å². The molecule has 0 aliphatic heterocycles. The molecule has 0 spiro atoms. The summed E-state index contributed by atoms with van der Waals surface area (Å²) in [5, 5.41) is 10.9. The van der Waals surface area contributed by atoms with Crippen LogP contribution in [0.15, 0.2) is 0 Å². The third-order valence-electron chi connectivity index (χ3n) is 1.52. The number of hydrazine groups is 1. The van der Waals surface area contributed by atoms with Gasteiger partial charge in [0.05, 0.1) is 6.10 Å². The Kier molecular flexibility index (Phi) is 5.46. The zero-order valence-corrected chi connectivity index (χ0v) is 7.75. The first-order valence-electron chi connectivity index (χ1n) is 4.24. The molecule has 0 bridgehead atoms. The van der Waals surface area contributed by atoms with Crippen LogP contribution in [-0.2, 0) is 0 Å². The Bertz CT molecular complexity index is 96.1. The molecule has 0 unspecified atom stereocenters. The van der Waals surface area contributed by atoms with Gasteiger partial charge in [-0.3, -0.25) is 5.84 Å². The maximum absolute atomic E-state index is 9.22. The van der Waals surface area contributed by atoms with Crippen molar-refractivity contribution in [2.75, 3.05) is 13.1 Å². The normalized spacial score (nSPS) is 14.5. The molecular formula is C8H20N2O. The Hall–Kier alpha value is -0.120. The summed E-state index contributed by atoms with van der Waals surface area (Å²) in [7, 11) is 0. The maximum atomic E-state index is 9.22. The summed E-state index contributed by atoms with van der Waals surface area (Å²) >= 11 is 0. The zero-order valence-electron chi connectivity index (χ0n) is 7.75. The Morgan fingerprint density at radius 1 is 1.36 bits per heavy atom. The van der Waals surface area contributed by atoms with Crippen LogP contribution in [-0.4, -0.2) is 29.3 Å². The number of aliphatic hydroxyl groups excluding tert-OH is 1. The third kappa shape index (κ3) is 6.28. The summed E-state index contributed by atoms with van der Waals surface area (Å²) in [5.74, 6) is 6.18. The second kappa shape index (κ2) is 5.52. The molecule has 0 aromatic heterocycles. The van der Waals surface area contributed by atoms with Crippen LogP contribution in [0.5, 0.6) is 0 Å². The quantitative estimate of drug-likeness (QED) is 0.457. The Balaban J connectivity index is 3.43. The lowest BCUT2D eigenvalue weighted by Gasteiger charge is -2.20. The van der Waals surface area contributed by atoms with Gasteiger partial charge in [-0.2, -0.15) is 0 Å². The van der Waals surface area contributed by atoms with Crippen LogP contribution < -0.4 is 5.84 Å². The monoisotopic (exact) mass is 160 g/mol. The first-order chi connectivity index (χ1) is 5.06. The van der Waals surface area contributed by atoms with Gasteiger partial charge in [0, 0.05) is 13.1 Å². The van der Waals surface area contributed by atoms with Crippen LogP contribution in [0.25, 0.3) is 0 Å². The number of hydrogen-bond donors (Lipinski definition) is 2. The van der Waals surface area contributed by atoms with Gasteiger partial charge in [0.1, 0.15) is 0 Å². The summed E-state index contributed by atoms with van der Waals surface area (Å²) in [4.78, 5) is 0.